The molecule has 0 radical (unpaired) electrons. The average Bonchev–Trinajstić information content (AvgIpc) is 3.76. The van der Waals surface area contributed by atoms with Crippen molar-refractivity contribution in [3.05, 3.63) is 48.7 Å². The molecule has 0 amide bonds. The van der Waals surface area contributed by atoms with Gasteiger partial charge in [-0.2, -0.15) is 5.26 Å². The third-order valence-electron chi connectivity index (χ3n) is 8.93. The predicted octanol–water partition coefficient (Wildman–Crippen LogP) is 4.84. The van der Waals surface area contributed by atoms with Crippen LogP contribution < -0.4 is 14.8 Å². The summed E-state index contributed by atoms with van der Waals surface area (Å²) in [5.41, 5.74) is 2.75. The fourth-order valence-electron chi connectivity index (χ4n) is 6.67. The largest absolute Gasteiger partial charge is 0.487 e. The van der Waals surface area contributed by atoms with Gasteiger partial charge in [-0.3, -0.25) is 9.58 Å². The van der Waals surface area contributed by atoms with Gasteiger partial charge in [0.15, 0.2) is 0 Å². The van der Waals surface area contributed by atoms with E-state index in [1.807, 2.05) is 29.9 Å². The Kier molecular flexibility index (Phi) is 12.9. The van der Waals surface area contributed by atoms with Crippen molar-refractivity contribution in [3.8, 4) is 28.8 Å². The number of tetrazole rings is 1. The summed E-state index contributed by atoms with van der Waals surface area (Å²) in [4.78, 5) is 11.8. The molecular formula is C34H46ClN11O4. The number of nitriles is 1. The molecule has 3 aromatic heterocycles. The molecule has 268 valence electrons. The Balaban J connectivity index is 0.00000486. The maximum Gasteiger partial charge on any atom is 0.256 e. The van der Waals surface area contributed by atoms with Gasteiger partial charge < -0.3 is 24.3 Å². The van der Waals surface area contributed by atoms with Crippen LogP contribution in [0, 0.1) is 11.3 Å². The van der Waals surface area contributed by atoms with Crippen LogP contribution in [0.5, 0.6) is 11.6 Å². The molecule has 3 atom stereocenters. The van der Waals surface area contributed by atoms with Crippen LogP contribution in [-0.4, -0.2) is 103 Å². The molecule has 1 aromatic carbocycles. The molecular weight excluding hydrogens is 662 g/mol. The molecule has 6 rings (SSSR count). The molecule has 0 spiro atoms. The van der Waals surface area contributed by atoms with E-state index in [0.717, 1.165) is 56.3 Å². The smallest absolute Gasteiger partial charge is 0.256 e. The highest BCUT2D eigenvalue weighted by atomic mass is 35.5. The highest BCUT2D eigenvalue weighted by molar-refractivity contribution is 5.85. The van der Waals surface area contributed by atoms with Crippen molar-refractivity contribution in [1.29, 1.82) is 5.26 Å². The second-order valence-corrected chi connectivity index (χ2v) is 12.9. The Labute approximate surface area is 298 Å². The summed E-state index contributed by atoms with van der Waals surface area (Å²) in [6.45, 7) is 9.75. The molecule has 1 saturated carbocycles. The molecule has 4 aromatic rings. The molecule has 1 N–H and O–H groups in total. The Hall–Kier alpha value is -4.36. The summed E-state index contributed by atoms with van der Waals surface area (Å²) < 4.78 is 27.0. The van der Waals surface area contributed by atoms with Crippen molar-refractivity contribution in [3.63, 3.8) is 0 Å². The van der Waals surface area contributed by atoms with Gasteiger partial charge in [0.25, 0.3) is 5.88 Å². The molecule has 16 heteroatoms. The molecule has 2 aliphatic rings. The number of hydrogen-bond donors (Lipinski definition) is 1. The van der Waals surface area contributed by atoms with Crippen LogP contribution in [0.2, 0.25) is 0 Å². The van der Waals surface area contributed by atoms with Gasteiger partial charge in [0, 0.05) is 57.2 Å². The van der Waals surface area contributed by atoms with Gasteiger partial charge in [0.05, 0.1) is 43.2 Å². The maximum absolute atomic E-state index is 9.67. The summed E-state index contributed by atoms with van der Waals surface area (Å²) >= 11 is 0. The zero-order chi connectivity index (χ0) is 34.2. The first-order chi connectivity index (χ1) is 23.9. The van der Waals surface area contributed by atoms with Gasteiger partial charge in [-0.1, -0.05) is 6.07 Å². The number of anilines is 2. The van der Waals surface area contributed by atoms with Gasteiger partial charge >= 0.3 is 0 Å². The molecule has 15 nitrogen and oxygen atoms in total. The van der Waals surface area contributed by atoms with Crippen molar-refractivity contribution in [1.82, 2.24) is 44.9 Å². The summed E-state index contributed by atoms with van der Waals surface area (Å²) in [6, 6.07) is 8.48. The number of aromatic nitrogens is 8. The van der Waals surface area contributed by atoms with Crippen molar-refractivity contribution < 1.29 is 18.9 Å². The fraction of sp³-hybridized carbons (Fsp3) is 0.559. The number of nitrogens with one attached hydrogen (secondary N) is 1. The van der Waals surface area contributed by atoms with E-state index in [1.165, 1.54) is 6.33 Å². The number of benzene rings is 1. The van der Waals surface area contributed by atoms with E-state index in [4.69, 9.17) is 24.0 Å². The number of hydrogen-bond acceptors (Lipinski definition) is 13. The van der Waals surface area contributed by atoms with Crippen molar-refractivity contribution in [2.24, 2.45) is 0 Å². The number of halogens is 1. The molecule has 2 fully saturated rings. The van der Waals surface area contributed by atoms with Gasteiger partial charge in [-0.25, -0.2) is 14.6 Å². The minimum Gasteiger partial charge on any atom is -0.487 e. The number of rotatable bonds is 14. The minimum absolute atomic E-state index is 0. The lowest BCUT2D eigenvalue weighted by Gasteiger charge is -2.42. The SMILES string of the molecule is COCCCOc1nn(C2CCC(N3C[C@@H](C)O[C@@H](C)C3)CC2)cc1Nc1ncc(-c2ccc(C#N)c(O[C@@H](C)Cn3cnnn3)c2)cn1.Cl. The van der Waals surface area contributed by atoms with Crippen LogP contribution in [-0.2, 0) is 16.0 Å². The molecule has 4 heterocycles. The molecule has 0 unspecified atom stereocenters. The van der Waals surface area contributed by atoms with Crippen LogP contribution in [0.1, 0.15) is 64.5 Å². The normalized spacial score (nSPS) is 21.5. The van der Waals surface area contributed by atoms with E-state index in [2.05, 4.69) is 55.6 Å². The maximum atomic E-state index is 9.67. The number of morpholine rings is 1. The zero-order valence-corrected chi connectivity index (χ0v) is 29.8. The van der Waals surface area contributed by atoms with Gasteiger partial charge in [-0.15, -0.1) is 22.6 Å². The lowest BCUT2D eigenvalue weighted by Crippen LogP contribution is -2.51. The van der Waals surface area contributed by atoms with Gasteiger partial charge in [0.2, 0.25) is 5.95 Å². The highest BCUT2D eigenvalue weighted by Gasteiger charge is 2.32. The molecule has 1 saturated heterocycles. The van der Waals surface area contributed by atoms with E-state index in [-0.39, 0.29) is 36.8 Å². The average molecular weight is 708 g/mol. The second-order valence-electron chi connectivity index (χ2n) is 12.9. The minimum atomic E-state index is -0.270. The van der Waals surface area contributed by atoms with Crippen LogP contribution in [0.25, 0.3) is 11.1 Å². The van der Waals surface area contributed by atoms with Crippen LogP contribution in [0.3, 0.4) is 0 Å². The van der Waals surface area contributed by atoms with E-state index >= 15 is 0 Å². The Morgan fingerprint density at radius 2 is 1.78 bits per heavy atom. The monoisotopic (exact) mass is 707 g/mol. The number of methoxy groups -OCH3 is 1. The summed E-state index contributed by atoms with van der Waals surface area (Å²) in [5, 5.41) is 29.1. The molecule has 50 heavy (non-hydrogen) atoms. The second kappa shape index (κ2) is 17.5. The van der Waals surface area contributed by atoms with Gasteiger partial charge in [0.1, 0.15) is 29.9 Å². The quantitative estimate of drug-likeness (QED) is 0.177. The fourth-order valence-corrected chi connectivity index (χ4v) is 6.67. The molecule has 1 aliphatic carbocycles. The third-order valence-corrected chi connectivity index (χ3v) is 8.93. The predicted molar refractivity (Wildman–Crippen MR) is 188 cm³/mol. The van der Waals surface area contributed by atoms with Crippen LogP contribution >= 0.6 is 12.4 Å². The topological polar surface area (TPSA) is 163 Å². The molecule has 0 bridgehead atoms. The van der Waals surface area contributed by atoms with Crippen LogP contribution in [0.15, 0.2) is 43.1 Å². The van der Waals surface area contributed by atoms with Crippen LogP contribution in [0.4, 0.5) is 11.6 Å². The first-order valence-electron chi connectivity index (χ1n) is 17.0. The first-order valence-corrected chi connectivity index (χ1v) is 17.0. The first kappa shape index (κ1) is 36.9. The lowest BCUT2D eigenvalue weighted by atomic mass is 9.89. The Morgan fingerprint density at radius 1 is 1.04 bits per heavy atom. The number of ether oxygens (including phenoxy) is 4. The standard InChI is InChI=1S/C34H45N11O4.ClH/c1-23-18-43(19-24(2)48-23)29-8-10-30(11-9-29)45-21-31(33(40-45)47-13-5-12-46-4)39-34-36-16-28(17-37-34)26-6-7-27(15-35)32(14-26)49-25(3)20-44-22-38-41-42-44;/h6-7,14,16-17,21-25,29-30H,5,8-13,18-20H2,1-4H3,(H,36,37,39);1H/t23-,24+,25-,29?,30?;/m0./s1. The van der Waals surface area contributed by atoms with E-state index < -0.39 is 0 Å². The number of nitrogens with zero attached hydrogens (tertiary/aromatic N) is 10. The Bertz CT molecular complexity index is 1660. The zero-order valence-electron chi connectivity index (χ0n) is 29.0. The van der Waals surface area contributed by atoms with Crippen molar-refractivity contribution >= 4 is 24.0 Å². The molecule has 1 aliphatic heterocycles. The van der Waals surface area contributed by atoms with Crippen molar-refractivity contribution in [2.45, 2.75) is 89.8 Å². The Morgan fingerprint density at radius 3 is 2.46 bits per heavy atom. The lowest BCUT2D eigenvalue weighted by molar-refractivity contribution is -0.0852. The van der Waals surface area contributed by atoms with E-state index in [0.29, 0.717) is 54.6 Å². The summed E-state index contributed by atoms with van der Waals surface area (Å²) in [6.07, 6.45) is 12.4. The van der Waals surface area contributed by atoms with Gasteiger partial charge in [-0.05, 0) is 74.6 Å². The van der Waals surface area contributed by atoms with Crippen molar-refractivity contribution in [2.75, 3.05) is 38.7 Å². The van der Waals surface area contributed by atoms with E-state index in [1.54, 1.807) is 30.3 Å². The highest BCUT2D eigenvalue weighted by Crippen LogP contribution is 2.35. The summed E-state index contributed by atoms with van der Waals surface area (Å²) in [7, 11) is 1.68. The summed E-state index contributed by atoms with van der Waals surface area (Å²) in [5.74, 6) is 1.41. The third kappa shape index (κ3) is 9.45. The van der Waals surface area contributed by atoms with E-state index in [9.17, 15) is 5.26 Å².